The third kappa shape index (κ3) is 2.45. The lowest BCUT2D eigenvalue weighted by Crippen LogP contribution is -2.26. The van der Waals surface area contributed by atoms with Crippen LogP contribution in [0.4, 0.5) is 0 Å². The first kappa shape index (κ1) is 19.6. The minimum Gasteiger partial charge on any atom is -0.497 e. The van der Waals surface area contributed by atoms with Crippen LogP contribution in [-0.4, -0.2) is 7.11 Å². The quantitative estimate of drug-likeness (QED) is 0.254. The van der Waals surface area contributed by atoms with E-state index in [4.69, 9.17) is 16.3 Å². The van der Waals surface area contributed by atoms with Gasteiger partial charge in [-0.2, -0.15) is 0 Å². The smallest absolute Gasteiger partial charge is 0.119 e. The Morgan fingerprint density at radius 2 is 1.06 bits per heavy atom. The molecule has 0 N–H and O–H groups in total. The second kappa shape index (κ2) is 7.09. The minimum absolute atomic E-state index is 0.380. The van der Waals surface area contributed by atoms with Crippen molar-refractivity contribution >= 4 is 11.6 Å². The van der Waals surface area contributed by atoms with Gasteiger partial charge in [0.05, 0.1) is 12.5 Å². The second-order valence-electron chi connectivity index (χ2n) is 9.02. The predicted octanol–water partition coefficient (Wildman–Crippen LogP) is 8.36. The molecular formula is C32H21ClO. The summed E-state index contributed by atoms with van der Waals surface area (Å²) >= 11 is 6.18. The fraction of sp³-hybridized carbons (Fsp3) is 0.0625. The first-order chi connectivity index (χ1) is 16.7. The predicted molar refractivity (Wildman–Crippen MR) is 140 cm³/mol. The van der Waals surface area contributed by atoms with Crippen LogP contribution >= 0.6 is 11.6 Å². The van der Waals surface area contributed by atoms with E-state index in [9.17, 15) is 0 Å². The SMILES string of the molecule is COc1ccc2c(c1)C1(c3ccccc3-c3ccccc31)c1cc(-c3ccc(Cl)cc3)ccc1-2. The highest BCUT2D eigenvalue weighted by Crippen LogP contribution is 2.63. The van der Waals surface area contributed by atoms with Gasteiger partial charge in [-0.05, 0) is 86.0 Å². The number of ether oxygens (including phenoxy) is 1. The van der Waals surface area contributed by atoms with Gasteiger partial charge in [-0.1, -0.05) is 90.5 Å². The average molecular weight is 457 g/mol. The second-order valence-corrected chi connectivity index (χ2v) is 9.46. The molecule has 162 valence electrons. The molecule has 0 atom stereocenters. The van der Waals surface area contributed by atoms with Crippen molar-refractivity contribution in [2.45, 2.75) is 5.41 Å². The number of hydrogen-bond donors (Lipinski definition) is 0. The van der Waals surface area contributed by atoms with Gasteiger partial charge in [-0.25, -0.2) is 0 Å². The highest BCUT2D eigenvalue weighted by Gasteiger charge is 2.51. The molecule has 0 radical (unpaired) electrons. The van der Waals surface area contributed by atoms with Crippen LogP contribution in [0, 0.1) is 0 Å². The standard InChI is InChI=1S/C32H21ClO/c1-34-23-15-17-27-26-16-12-21(20-10-13-22(33)14-11-20)18-30(26)32(31(27)19-23)28-8-4-2-6-24(28)25-7-3-5-9-29(25)32/h2-19H,1H3. The van der Waals surface area contributed by atoms with E-state index in [1.54, 1.807) is 7.11 Å². The van der Waals surface area contributed by atoms with Crippen LogP contribution in [0.5, 0.6) is 5.75 Å². The molecule has 0 amide bonds. The van der Waals surface area contributed by atoms with Gasteiger partial charge in [0.25, 0.3) is 0 Å². The van der Waals surface area contributed by atoms with Crippen molar-refractivity contribution < 1.29 is 4.74 Å². The van der Waals surface area contributed by atoms with Gasteiger partial charge >= 0.3 is 0 Å². The molecule has 2 heteroatoms. The molecule has 1 spiro atoms. The molecule has 2 aliphatic rings. The van der Waals surface area contributed by atoms with E-state index >= 15 is 0 Å². The maximum absolute atomic E-state index is 6.18. The molecule has 0 saturated carbocycles. The Labute approximate surface area is 204 Å². The summed E-state index contributed by atoms with van der Waals surface area (Å²) in [7, 11) is 1.74. The van der Waals surface area contributed by atoms with Crippen molar-refractivity contribution in [3.63, 3.8) is 0 Å². The molecule has 0 bridgehead atoms. The van der Waals surface area contributed by atoms with Gasteiger partial charge in [0.15, 0.2) is 0 Å². The molecule has 0 fully saturated rings. The van der Waals surface area contributed by atoms with Crippen LogP contribution in [0.1, 0.15) is 22.3 Å². The van der Waals surface area contributed by atoms with Crippen LogP contribution in [0.2, 0.25) is 5.02 Å². The first-order valence-electron chi connectivity index (χ1n) is 11.5. The number of methoxy groups -OCH3 is 1. The Hall–Kier alpha value is -3.81. The van der Waals surface area contributed by atoms with Gasteiger partial charge in [0.1, 0.15) is 5.75 Å². The van der Waals surface area contributed by atoms with Gasteiger partial charge in [-0.3, -0.25) is 0 Å². The molecule has 5 aromatic rings. The highest BCUT2D eigenvalue weighted by atomic mass is 35.5. The van der Waals surface area contributed by atoms with Crippen molar-refractivity contribution in [2.24, 2.45) is 0 Å². The normalized spacial score (nSPS) is 13.8. The largest absolute Gasteiger partial charge is 0.497 e. The van der Waals surface area contributed by atoms with Crippen LogP contribution in [0.15, 0.2) is 109 Å². The maximum atomic E-state index is 6.18. The third-order valence-corrected chi connectivity index (χ3v) is 7.73. The lowest BCUT2D eigenvalue weighted by molar-refractivity contribution is 0.414. The van der Waals surface area contributed by atoms with E-state index in [1.165, 1.54) is 50.1 Å². The molecule has 2 aliphatic carbocycles. The zero-order chi connectivity index (χ0) is 22.9. The van der Waals surface area contributed by atoms with Gasteiger partial charge in [0, 0.05) is 5.02 Å². The van der Waals surface area contributed by atoms with Crippen molar-refractivity contribution in [1.29, 1.82) is 0 Å². The van der Waals surface area contributed by atoms with E-state index < -0.39 is 0 Å². The Morgan fingerprint density at radius 3 is 1.71 bits per heavy atom. The maximum Gasteiger partial charge on any atom is 0.119 e. The van der Waals surface area contributed by atoms with Crippen LogP contribution in [-0.2, 0) is 5.41 Å². The van der Waals surface area contributed by atoms with Crippen molar-refractivity contribution in [3.05, 3.63) is 136 Å². The van der Waals surface area contributed by atoms with Gasteiger partial charge in [0.2, 0.25) is 0 Å². The van der Waals surface area contributed by atoms with E-state index in [1.807, 2.05) is 12.1 Å². The number of halogens is 1. The summed E-state index contributed by atoms with van der Waals surface area (Å²) in [5, 5.41) is 0.750. The Balaban J connectivity index is 1.61. The van der Waals surface area contributed by atoms with Gasteiger partial charge in [-0.15, -0.1) is 0 Å². The molecular weight excluding hydrogens is 436 g/mol. The van der Waals surface area contributed by atoms with Crippen LogP contribution in [0.25, 0.3) is 33.4 Å². The van der Waals surface area contributed by atoms with E-state index in [0.29, 0.717) is 0 Å². The summed E-state index contributed by atoms with van der Waals surface area (Å²) in [6, 6.07) is 39.2. The Morgan fingerprint density at radius 1 is 0.529 bits per heavy atom. The summed E-state index contributed by atoms with van der Waals surface area (Å²) in [6.07, 6.45) is 0. The molecule has 0 aromatic heterocycles. The van der Waals surface area contributed by atoms with Crippen molar-refractivity contribution in [1.82, 2.24) is 0 Å². The number of benzene rings is 5. The van der Waals surface area contributed by atoms with Crippen LogP contribution < -0.4 is 4.74 Å². The Bertz CT molecular complexity index is 1550. The fourth-order valence-corrected chi connectivity index (χ4v) is 6.19. The average Bonchev–Trinajstić information content (AvgIpc) is 3.35. The number of hydrogen-bond acceptors (Lipinski definition) is 1. The molecule has 0 unspecified atom stereocenters. The van der Waals surface area contributed by atoms with Crippen LogP contribution in [0.3, 0.4) is 0 Å². The molecule has 5 aromatic carbocycles. The highest BCUT2D eigenvalue weighted by molar-refractivity contribution is 6.30. The monoisotopic (exact) mass is 456 g/mol. The van der Waals surface area contributed by atoms with Crippen molar-refractivity contribution in [2.75, 3.05) is 7.11 Å². The molecule has 0 aliphatic heterocycles. The summed E-state index contributed by atoms with van der Waals surface area (Å²) in [4.78, 5) is 0. The molecule has 1 nitrogen and oxygen atoms in total. The lowest BCUT2D eigenvalue weighted by atomic mass is 9.70. The summed E-state index contributed by atoms with van der Waals surface area (Å²) in [6.45, 7) is 0. The zero-order valence-corrected chi connectivity index (χ0v) is 19.4. The summed E-state index contributed by atoms with van der Waals surface area (Å²) in [5.74, 6) is 0.880. The molecule has 34 heavy (non-hydrogen) atoms. The number of rotatable bonds is 2. The fourth-order valence-electron chi connectivity index (χ4n) is 6.07. The Kier molecular flexibility index (Phi) is 4.10. The van der Waals surface area contributed by atoms with E-state index in [-0.39, 0.29) is 5.41 Å². The topological polar surface area (TPSA) is 9.23 Å². The van der Waals surface area contributed by atoms with E-state index in [0.717, 1.165) is 16.3 Å². The van der Waals surface area contributed by atoms with Gasteiger partial charge < -0.3 is 4.74 Å². The minimum atomic E-state index is -0.380. The molecule has 7 rings (SSSR count). The first-order valence-corrected chi connectivity index (χ1v) is 11.9. The number of fused-ring (bicyclic) bond motifs is 10. The molecule has 0 heterocycles. The summed E-state index contributed by atoms with van der Waals surface area (Å²) < 4.78 is 5.71. The third-order valence-electron chi connectivity index (χ3n) is 7.47. The zero-order valence-electron chi connectivity index (χ0n) is 18.7. The summed E-state index contributed by atoms with van der Waals surface area (Å²) in [5.41, 5.74) is 12.4. The van der Waals surface area contributed by atoms with Crippen molar-refractivity contribution in [3.8, 4) is 39.1 Å². The van der Waals surface area contributed by atoms with E-state index in [2.05, 4.69) is 97.1 Å². The lowest BCUT2D eigenvalue weighted by Gasteiger charge is -2.31. The molecule has 0 saturated heterocycles.